The molecule has 0 aliphatic carbocycles. The second kappa shape index (κ2) is 6.78. The summed E-state index contributed by atoms with van der Waals surface area (Å²) in [6, 6.07) is 19.7. The molecular weight excluding hydrogens is 408 g/mol. The molecule has 0 aliphatic heterocycles. The van der Waals surface area contributed by atoms with Gasteiger partial charge in [0.1, 0.15) is 17.1 Å². The third-order valence-electron chi connectivity index (χ3n) is 5.41. The van der Waals surface area contributed by atoms with Gasteiger partial charge in [-0.25, -0.2) is 9.97 Å². The molecule has 3 aromatic heterocycles. The van der Waals surface area contributed by atoms with Crippen molar-refractivity contribution in [2.45, 2.75) is 0 Å². The standard InChI is InChI=1S/C24H16N4O2S/c1-30-17-8-6-14(7-9-17)20-22(28-10-11-31-24(28)27-20)21-23(29)26-19-13-16-5-3-2-4-15(16)12-18(19)25-21/h2-13H,1H3,(H,26,29). The first-order valence-corrected chi connectivity index (χ1v) is 10.6. The van der Waals surface area contributed by atoms with Crippen molar-refractivity contribution < 1.29 is 4.74 Å². The van der Waals surface area contributed by atoms with Crippen molar-refractivity contribution in [3.05, 3.63) is 82.6 Å². The van der Waals surface area contributed by atoms with E-state index in [1.54, 1.807) is 7.11 Å². The Bertz CT molecular complexity index is 1640. The van der Waals surface area contributed by atoms with E-state index in [1.807, 2.05) is 76.6 Å². The number of ether oxygens (including phenoxy) is 1. The molecule has 0 bridgehead atoms. The molecule has 0 unspecified atom stereocenters. The van der Waals surface area contributed by atoms with Crippen LogP contribution in [0, 0.1) is 0 Å². The summed E-state index contributed by atoms with van der Waals surface area (Å²) in [7, 11) is 1.63. The molecule has 6 aromatic rings. The zero-order valence-electron chi connectivity index (χ0n) is 16.5. The van der Waals surface area contributed by atoms with Crippen LogP contribution in [0.4, 0.5) is 0 Å². The minimum absolute atomic E-state index is 0.245. The summed E-state index contributed by atoms with van der Waals surface area (Å²) in [4.78, 5) is 26.6. The van der Waals surface area contributed by atoms with Crippen LogP contribution in [-0.2, 0) is 0 Å². The Balaban J connectivity index is 1.63. The largest absolute Gasteiger partial charge is 0.497 e. The van der Waals surface area contributed by atoms with Gasteiger partial charge in [-0.1, -0.05) is 24.3 Å². The highest BCUT2D eigenvalue weighted by Crippen LogP contribution is 2.33. The van der Waals surface area contributed by atoms with Gasteiger partial charge in [-0.3, -0.25) is 9.20 Å². The molecule has 0 fully saturated rings. The Morgan fingerprint density at radius 2 is 1.74 bits per heavy atom. The van der Waals surface area contributed by atoms with Crippen LogP contribution in [0.1, 0.15) is 0 Å². The molecule has 0 amide bonds. The number of thiazole rings is 1. The summed E-state index contributed by atoms with van der Waals surface area (Å²) in [5, 5.41) is 4.08. The van der Waals surface area contributed by atoms with Crippen molar-refractivity contribution in [3.8, 4) is 28.4 Å². The second-order valence-corrected chi connectivity index (χ2v) is 8.10. The third-order valence-corrected chi connectivity index (χ3v) is 6.17. The molecule has 31 heavy (non-hydrogen) atoms. The molecular formula is C24H16N4O2S. The number of fused-ring (bicyclic) bond motifs is 3. The molecule has 0 saturated heterocycles. The van der Waals surface area contributed by atoms with Crippen LogP contribution < -0.4 is 10.3 Å². The summed E-state index contributed by atoms with van der Waals surface area (Å²) < 4.78 is 7.20. The summed E-state index contributed by atoms with van der Waals surface area (Å²) >= 11 is 1.52. The lowest BCUT2D eigenvalue weighted by molar-refractivity contribution is 0.415. The van der Waals surface area contributed by atoms with Crippen LogP contribution in [0.3, 0.4) is 0 Å². The SMILES string of the molecule is COc1ccc(-c2nc3sccn3c2-c2nc3cc4ccccc4cc3[nH]c2=O)cc1. The van der Waals surface area contributed by atoms with Crippen LogP contribution in [0.25, 0.3) is 49.4 Å². The van der Waals surface area contributed by atoms with Crippen LogP contribution in [-0.4, -0.2) is 26.5 Å². The molecule has 0 atom stereocenters. The smallest absolute Gasteiger partial charge is 0.276 e. The summed E-state index contributed by atoms with van der Waals surface area (Å²) in [5.74, 6) is 0.764. The maximum atomic E-state index is 13.1. The Morgan fingerprint density at radius 3 is 2.52 bits per heavy atom. The Morgan fingerprint density at radius 1 is 0.968 bits per heavy atom. The van der Waals surface area contributed by atoms with Crippen LogP contribution in [0.15, 0.2) is 77.0 Å². The van der Waals surface area contributed by atoms with Crippen molar-refractivity contribution in [2.75, 3.05) is 7.11 Å². The number of rotatable bonds is 3. The predicted molar refractivity (Wildman–Crippen MR) is 124 cm³/mol. The van der Waals surface area contributed by atoms with Crippen molar-refractivity contribution in [1.29, 1.82) is 0 Å². The van der Waals surface area contributed by atoms with Gasteiger partial charge in [-0.05, 0) is 47.2 Å². The number of aromatic nitrogens is 4. The number of benzene rings is 3. The number of H-pyrrole nitrogens is 1. The van der Waals surface area contributed by atoms with E-state index in [-0.39, 0.29) is 5.56 Å². The molecule has 3 heterocycles. The number of aromatic amines is 1. The number of hydrogen-bond acceptors (Lipinski definition) is 5. The minimum Gasteiger partial charge on any atom is -0.497 e. The van der Waals surface area contributed by atoms with E-state index >= 15 is 0 Å². The fourth-order valence-electron chi connectivity index (χ4n) is 3.90. The quantitative estimate of drug-likeness (QED) is 0.400. The number of imidazole rings is 1. The van der Waals surface area contributed by atoms with Gasteiger partial charge in [-0.15, -0.1) is 11.3 Å². The lowest BCUT2D eigenvalue weighted by Crippen LogP contribution is -2.13. The summed E-state index contributed by atoms with van der Waals surface area (Å²) in [6.07, 6.45) is 1.92. The van der Waals surface area contributed by atoms with E-state index in [0.717, 1.165) is 32.6 Å². The average molecular weight is 424 g/mol. The zero-order valence-corrected chi connectivity index (χ0v) is 17.3. The molecule has 0 saturated carbocycles. The number of methoxy groups -OCH3 is 1. The van der Waals surface area contributed by atoms with Gasteiger partial charge in [0.05, 0.1) is 18.1 Å². The average Bonchev–Trinajstić information content (AvgIpc) is 3.39. The van der Waals surface area contributed by atoms with E-state index in [1.165, 1.54) is 11.3 Å². The van der Waals surface area contributed by atoms with Crippen LogP contribution in [0.5, 0.6) is 5.75 Å². The van der Waals surface area contributed by atoms with E-state index in [2.05, 4.69) is 4.98 Å². The van der Waals surface area contributed by atoms with E-state index in [0.29, 0.717) is 22.6 Å². The fourth-order valence-corrected chi connectivity index (χ4v) is 4.61. The van der Waals surface area contributed by atoms with Gasteiger partial charge in [0.2, 0.25) is 0 Å². The Kier molecular flexibility index (Phi) is 3.91. The van der Waals surface area contributed by atoms with Crippen molar-refractivity contribution in [2.24, 2.45) is 0 Å². The second-order valence-electron chi connectivity index (χ2n) is 7.22. The number of nitrogens with zero attached hydrogens (tertiary/aromatic N) is 3. The lowest BCUT2D eigenvalue weighted by Gasteiger charge is -2.07. The van der Waals surface area contributed by atoms with E-state index < -0.39 is 0 Å². The highest BCUT2D eigenvalue weighted by Gasteiger charge is 2.21. The van der Waals surface area contributed by atoms with Gasteiger partial charge in [0, 0.05) is 17.1 Å². The van der Waals surface area contributed by atoms with Crippen LogP contribution in [0.2, 0.25) is 0 Å². The van der Waals surface area contributed by atoms with Crippen molar-refractivity contribution >= 4 is 38.1 Å². The van der Waals surface area contributed by atoms with E-state index in [9.17, 15) is 4.79 Å². The third kappa shape index (κ3) is 2.82. The monoisotopic (exact) mass is 424 g/mol. The van der Waals surface area contributed by atoms with Gasteiger partial charge in [0.25, 0.3) is 5.56 Å². The summed E-state index contributed by atoms with van der Waals surface area (Å²) in [6.45, 7) is 0. The first-order chi connectivity index (χ1) is 15.2. The maximum Gasteiger partial charge on any atom is 0.276 e. The fraction of sp³-hybridized carbons (Fsp3) is 0.0417. The topological polar surface area (TPSA) is 72.3 Å². The molecule has 3 aromatic carbocycles. The van der Waals surface area contributed by atoms with Gasteiger partial charge < -0.3 is 9.72 Å². The van der Waals surface area contributed by atoms with Gasteiger partial charge in [0.15, 0.2) is 10.7 Å². The van der Waals surface area contributed by atoms with E-state index in [4.69, 9.17) is 14.7 Å². The Labute approximate surface area is 180 Å². The van der Waals surface area contributed by atoms with Crippen molar-refractivity contribution in [1.82, 2.24) is 19.4 Å². The summed E-state index contributed by atoms with van der Waals surface area (Å²) in [5.41, 5.74) is 3.84. The lowest BCUT2D eigenvalue weighted by atomic mass is 10.1. The maximum absolute atomic E-state index is 13.1. The molecule has 0 aliphatic rings. The van der Waals surface area contributed by atoms with Gasteiger partial charge in [-0.2, -0.15) is 0 Å². The molecule has 6 nitrogen and oxygen atoms in total. The Hall–Kier alpha value is -3.97. The molecule has 6 rings (SSSR count). The molecule has 7 heteroatoms. The highest BCUT2D eigenvalue weighted by atomic mass is 32.1. The normalized spacial score (nSPS) is 11.5. The first kappa shape index (κ1) is 17.9. The molecule has 0 radical (unpaired) electrons. The molecule has 150 valence electrons. The number of nitrogens with one attached hydrogen (secondary N) is 1. The zero-order chi connectivity index (χ0) is 20.9. The van der Waals surface area contributed by atoms with Crippen LogP contribution >= 0.6 is 11.3 Å². The molecule has 1 N–H and O–H groups in total. The first-order valence-electron chi connectivity index (χ1n) is 9.74. The highest BCUT2D eigenvalue weighted by molar-refractivity contribution is 7.15. The number of hydrogen-bond donors (Lipinski definition) is 1. The predicted octanol–water partition coefficient (Wildman–Crippen LogP) is 5.13. The minimum atomic E-state index is -0.245. The molecule has 0 spiro atoms. The van der Waals surface area contributed by atoms with Gasteiger partial charge >= 0.3 is 0 Å². The van der Waals surface area contributed by atoms with Crippen molar-refractivity contribution in [3.63, 3.8) is 0 Å².